The van der Waals surface area contributed by atoms with Crippen LogP contribution in [0.2, 0.25) is 0 Å². The minimum atomic E-state index is -4.35. The smallest absolute Gasteiger partial charge is 0.416 e. The number of carbonyl (C=O) groups excluding carboxylic acids is 1. The Balaban J connectivity index is 2.33. The summed E-state index contributed by atoms with van der Waals surface area (Å²) >= 11 is 0. The van der Waals surface area contributed by atoms with Crippen molar-refractivity contribution in [3.8, 4) is 0 Å². The van der Waals surface area contributed by atoms with Crippen LogP contribution in [0, 0.1) is 0 Å². The molecule has 0 amide bonds. The van der Waals surface area contributed by atoms with Crippen molar-refractivity contribution in [2.75, 3.05) is 6.61 Å². The van der Waals surface area contributed by atoms with E-state index in [9.17, 15) is 18.0 Å². The molecule has 92 valence electrons. The predicted molar refractivity (Wildman–Crippen MR) is 54.4 cm³/mol. The number of carbonyl (C=O) groups is 1. The van der Waals surface area contributed by atoms with E-state index in [4.69, 9.17) is 4.74 Å². The molecule has 1 aromatic carbocycles. The highest BCUT2D eigenvalue weighted by atomic mass is 19.4. The average molecular weight is 244 g/mol. The molecule has 5 heteroatoms. The van der Waals surface area contributed by atoms with Crippen LogP contribution in [0.4, 0.5) is 13.2 Å². The van der Waals surface area contributed by atoms with Crippen molar-refractivity contribution in [3.63, 3.8) is 0 Å². The van der Waals surface area contributed by atoms with Gasteiger partial charge in [0, 0.05) is 6.42 Å². The SMILES string of the molecule is CC1(c2ccc(C(F)(F)F)cc2)CCOC1=O. The molecule has 1 unspecified atom stereocenters. The highest BCUT2D eigenvalue weighted by Gasteiger charge is 2.42. The van der Waals surface area contributed by atoms with Crippen molar-refractivity contribution in [3.05, 3.63) is 35.4 Å². The van der Waals surface area contributed by atoms with E-state index < -0.39 is 17.2 Å². The number of alkyl halides is 3. The minimum absolute atomic E-state index is 0.316. The lowest BCUT2D eigenvalue weighted by atomic mass is 9.81. The highest BCUT2D eigenvalue weighted by Crippen LogP contribution is 2.36. The van der Waals surface area contributed by atoms with Gasteiger partial charge in [-0.2, -0.15) is 13.2 Å². The maximum Gasteiger partial charge on any atom is 0.416 e. The van der Waals surface area contributed by atoms with E-state index >= 15 is 0 Å². The largest absolute Gasteiger partial charge is 0.465 e. The third-order valence-electron chi connectivity index (χ3n) is 3.14. The molecule has 0 N–H and O–H groups in total. The molecule has 0 aromatic heterocycles. The van der Waals surface area contributed by atoms with Gasteiger partial charge in [0.05, 0.1) is 17.6 Å². The van der Waals surface area contributed by atoms with Crippen LogP contribution >= 0.6 is 0 Å². The second-order valence-electron chi connectivity index (χ2n) is 4.29. The molecule has 2 rings (SSSR count). The fourth-order valence-corrected chi connectivity index (χ4v) is 1.90. The zero-order valence-corrected chi connectivity index (χ0v) is 9.17. The summed E-state index contributed by atoms with van der Waals surface area (Å²) in [6, 6.07) is 4.67. The quantitative estimate of drug-likeness (QED) is 0.710. The molecule has 1 atom stereocenters. The molecular weight excluding hydrogens is 233 g/mol. The fourth-order valence-electron chi connectivity index (χ4n) is 1.90. The van der Waals surface area contributed by atoms with Crippen molar-refractivity contribution in [2.24, 2.45) is 0 Å². The second kappa shape index (κ2) is 3.75. The van der Waals surface area contributed by atoms with E-state index in [1.54, 1.807) is 6.92 Å². The maximum absolute atomic E-state index is 12.4. The lowest BCUT2D eigenvalue weighted by molar-refractivity contribution is -0.142. The summed E-state index contributed by atoms with van der Waals surface area (Å²) in [4.78, 5) is 11.5. The monoisotopic (exact) mass is 244 g/mol. The summed E-state index contributed by atoms with van der Waals surface area (Å²) in [5.74, 6) is -0.378. The topological polar surface area (TPSA) is 26.3 Å². The molecule has 1 aromatic rings. The molecule has 17 heavy (non-hydrogen) atoms. The number of rotatable bonds is 1. The molecule has 1 saturated heterocycles. The van der Waals surface area contributed by atoms with Gasteiger partial charge in [-0.25, -0.2) is 0 Å². The second-order valence-corrected chi connectivity index (χ2v) is 4.29. The Labute approximate surface area is 96.4 Å². The van der Waals surface area contributed by atoms with Crippen LogP contribution in [-0.4, -0.2) is 12.6 Å². The van der Waals surface area contributed by atoms with Crippen LogP contribution in [0.1, 0.15) is 24.5 Å². The first-order chi connectivity index (χ1) is 7.84. The lowest BCUT2D eigenvalue weighted by Crippen LogP contribution is -2.27. The Kier molecular flexibility index (Phi) is 2.64. The molecule has 1 aliphatic rings. The number of hydrogen-bond acceptors (Lipinski definition) is 2. The van der Waals surface area contributed by atoms with Crippen LogP contribution in [-0.2, 0) is 21.1 Å². The van der Waals surface area contributed by atoms with Gasteiger partial charge < -0.3 is 4.74 Å². The zero-order chi connectivity index (χ0) is 12.7. The van der Waals surface area contributed by atoms with Gasteiger partial charge in [-0.15, -0.1) is 0 Å². The first-order valence-electron chi connectivity index (χ1n) is 5.19. The molecule has 1 heterocycles. The van der Waals surface area contributed by atoms with Crippen LogP contribution in [0.3, 0.4) is 0 Å². The van der Waals surface area contributed by atoms with Crippen molar-refractivity contribution < 1.29 is 22.7 Å². The summed E-state index contributed by atoms with van der Waals surface area (Å²) in [5.41, 5.74) is -0.964. The third kappa shape index (κ3) is 2.01. The fraction of sp³-hybridized carbons (Fsp3) is 0.417. The molecule has 1 aliphatic heterocycles. The number of hydrogen-bond donors (Lipinski definition) is 0. The molecule has 0 bridgehead atoms. The van der Waals surface area contributed by atoms with E-state index in [0.29, 0.717) is 18.6 Å². The van der Waals surface area contributed by atoms with Crippen LogP contribution in [0.5, 0.6) is 0 Å². The highest BCUT2D eigenvalue weighted by molar-refractivity contribution is 5.84. The van der Waals surface area contributed by atoms with E-state index in [-0.39, 0.29) is 5.97 Å². The van der Waals surface area contributed by atoms with Crippen molar-refractivity contribution >= 4 is 5.97 Å². The van der Waals surface area contributed by atoms with E-state index in [2.05, 4.69) is 0 Å². The first-order valence-corrected chi connectivity index (χ1v) is 5.19. The van der Waals surface area contributed by atoms with E-state index in [1.165, 1.54) is 12.1 Å². The summed E-state index contributed by atoms with van der Waals surface area (Å²) in [6.45, 7) is 2.00. The van der Waals surface area contributed by atoms with Gasteiger partial charge in [0.2, 0.25) is 0 Å². The Morgan fingerprint density at radius 1 is 1.24 bits per heavy atom. The van der Waals surface area contributed by atoms with Crippen LogP contribution < -0.4 is 0 Å². The third-order valence-corrected chi connectivity index (χ3v) is 3.14. The lowest BCUT2D eigenvalue weighted by Gasteiger charge is -2.19. The van der Waals surface area contributed by atoms with Crippen LogP contribution in [0.25, 0.3) is 0 Å². The Bertz CT molecular complexity index is 436. The van der Waals surface area contributed by atoms with Gasteiger partial charge in [-0.1, -0.05) is 12.1 Å². The summed E-state index contributed by atoms with van der Waals surface area (Å²) in [5, 5.41) is 0. The maximum atomic E-state index is 12.4. The Hall–Kier alpha value is -1.52. The van der Waals surface area contributed by atoms with Gasteiger partial charge in [0.1, 0.15) is 0 Å². The van der Waals surface area contributed by atoms with Gasteiger partial charge >= 0.3 is 12.1 Å². The van der Waals surface area contributed by atoms with E-state index in [0.717, 1.165) is 12.1 Å². The van der Waals surface area contributed by atoms with Crippen molar-refractivity contribution in [1.82, 2.24) is 0 Å². The zero-order valence-electron chi connectivity index (χ0n) is 9.17. The number of halogens is 3. The number of cyclic esters (lactones) is 1. The molecule has 0 radical (unpaired) electrons. The average Bonchev–Trinajstić information content (AvgIpc) is 2.60. The number of esters is 1. The van der Waals surface area contributed by atoms with Gasteiger partial charge in [0.25, 0.3) is 0 Å². The van der Waals surface area contributed by atoms with Crippen molar-refractivity contribution in [1.29, 1.82) is 0 Å². The molecule has 0 aliphatic carbocycles. The molecule has 2 nitrogen and oxygen atoms in total. The van der Waals surface area contributed by atoms with E-state index in [1.807, 2.05) is 0 Å². The first kappa shape index (κ1) is 12.0. The Morgan fingerprint density at radius 3 is 2.24 bits per heavy atom. The Morgan fingerprint density at radius 2 is 1.82 bits per heavy atom. The summed E-state index contributed by atoms with van der Waals surface area (Å²) < 4.78 is 42.0. The molecule has 0 spiro atoms. The summed E-state index contributed by atoms with van der Waals surface area (Å²) in [7, 11) is 0. The van der Waals surface area contributed by atoms with Gasteiger partial charge in [-0.05, 0) is 24.6 Å². The predicted octanol–water partition coefficient (Wildman–Crippen LogP) is 2.91. The molecule has 0 saturated carbocycles. The minimum Gasteiger partial charge on any atom is -0.465 e. The van der Waals surface area contributed by atoms with Crippen molar-refractivity contribution in [2.45, 2.75) is 24.9 Å². The molecule has 1 fully saturated rings. The van der Waals surface area contributed by atoms with Gasteiger partial charge in [0.15, 0.2) is 0 Å². The number of benzene rings is 1. The normalized spacial score (nSPS) is 24.8. The van der Waals surface area contributed by atoms with Gasteiger partial charge in [-0.3, -0.25) is 4.79 Å². The molecular formula is C12H11F3O2. The van der Waals surface area contributed by atoms with Crippen LogP contribution in [0.15, 0.2) is 24.3 Å². The summed E-state index contributed by atoms with van der Waals surface area (Å²) in [6.07, 6.45) is -3.85. The standard InChI is InChI=1S/C12H11F3O2/c1-11(6-7-17-10(11)16)8-2-4-9(5-3-8)12(13,14)15/h2-5H,6-7H2,1H3. The number of ether oxygens (including phenoxy) is 1.